The third-order valence-corrected chi connectivity index (χ3v) is 12.3. The molecule has 2 aromatic carbocycles. The number of carbonyl (C=O) groups excluding carboxylic acids is 4. The van der Waals surface area contributed by atoms with E-state index in [2.05, 4.69) is 60.7 Å². The van der Waals surface area contributed by atoms with Gasteiger partial charge in [0.25, 0.3) is 5.91 Å². The van der Waals surface area contributed by atoms with E-state index in [-0.39, 0.29) is 17.5 Å². The summed E-state index contributed by atoms with van der Waals surface area (Å²) >= 11 is 0. The number of primary amides is 1. The molecular formula is C41H50N10O5. The topological polar surface area (TPSA) is 183 Å². The Balaban J connectivity index is 0.876. The molecule has 4 amide bonds. The highest BCUT2D eigenvalue weighted by Gasteiger charge is 2.36. The highest BCUT2D eigenvalue weighted by molar-refractivity contribution is 6.02. The average Bonchev–Trinajstić information content (AvgIpc) is 3.85. The van der Waals surface area contributed by atoms with E-state index in [1.165, 1.54) is 16.7 Å². The number of imide groups is 1. The fraction of sp³-hybridized carbons (Fsp3) is 0.488. The van der Waals surface area contributed by atoms with E-state index >= 15 is 0 Å². The molecule has 2 aromatic heterocycles. The first-order valence-electron chi connectivity index (χ1n) is 19.8. The van der Waals surface area contributed by atoms with E-state index in [1.807, 2.05) is 18.2 Å². The van der Waals surface area contributed by atoms with Crippen LogP contribution in [0.1, 0.15) is 83.2 Å². The van der Waals surface area contributed by atoms with Gasteiger partial charge in [0, 0.05) is 68.4 Å². The van der Waals surface area contributed by atoms with Gasteiger partial charge in [-0.15, -0.1) is 0 Å². The van der Waals surface area contributed by atoms with Gasteiger partial charge in [0.1, 0.15) is 11.5 Å². The molecule has 15 nitrogen and oxygen atoms in total. The lowest BCUT2D eigenvalue weighted by Crippen LogP contribution is -2.48. The summed E-state index contributed by atoms with van der Waals surface area (Å²) in [4.78, 5) is 65.7. The first kappa shape index (κ1) is 37.5. The summed E-state index contributed by atoms with van der Waals surface area (Å²) in [5.74, 6) is -0.181. The number of fused-ring (bicyclic) bond motifs is 3. The molecule has 294 valence electrons. The molecule has 0 spiro atoms. The molecule has 3 saturated heterocycles. The molecule has 15 heteroatoms. The number of nitrogens with one attached hydrogen (secondary N) is 2. The summed E-state index contributed by atoms with van der Waals surface area (Å²) in [6.45, 7) is 5.05. The molecule has 4 aromatic rings. The molecule has 0 radical (unpaired) electrons. The molecule has 3 unspecified atom stereocenters. The minimum atomic E-state index is -0.641. The highest BCUT2D eigenvalue weighted by atomic mass is 16.5. The molecule has 5 heterocycles. The Bertz CT molecular complexity index is 2110. The molecule has 4 aliphatic rings. The van der Waals surface area contributed by atoms with Crippen molar-refractivity contribution in [2.45, 2.75) is 75.3 Å². The smallest absolute Gasteiger partial charge is 0.271 e. The lowest BCUT2D eigenvalue weighted by atomic mass is 9.88. The van der Waals surface area contributed by atoms with Crippen LogP contribution in [0.15, 0.2) is 47.1 Å². The highest BCUT2D eigenvalue weighted by Crippen LogP contribution is 2.39. The van der Waals surface area contributed by atoms with E-state index in [1.54, 1.807) is 18.1 Å². The zero-order valence-corrected chi connectivity index (χ0v) is 32.1. The van der Waals surface area contributed by atoms with E-state index < -0.39 is 11.8 Å². The molecule has 3 fully saturated rings. The van der Waals surface area contributed by atoms with Gasteiger partial charge in [0.2, 0.25) is 18.2 Å². The van der Waals surface area contributed by atoms with Gasteiger partial charge < -0.3 is 25.4 Å². The van der Waals surface area contributed by atoms with Gasteiger partial charge in [-0.2, -0.15) is 0 Å². The van der Waals surface area contributed by atoms with Crippen LogP contribution in [0.3, 0.4) is 0 Å². The van der Waals surface area contributed by atoms with Crippen LogP contribution in [0.4, 0.5) is 17.3 Å². The Morgan fingerprint density at radius 3 is 2.59 bits per heavy atom. The summed E-state index contributed by atoms with van der Waals surface area (Å²) in [6.07, 6.45) is 9.22. The summed E-state index contributed by atoms with van der Waals surface area (Å²) in [5.41, 5.74) is 11.8. The molecule has 1 aliphatic carbocycles. The number of benzene rings is 2. The maximum absolute atomic E-state index is 12.6. The first-order valence-corrected chi connectivity index (χ1v) is 19.8. The maximum Gasteiger partial charge on any atom is 0.271 e. The number of rotatable bonds is 12. The van der Waals surface area contributed by atoms with Crippen molar-refractivity contribution >= 4 is 52.4 Å². The molecule has 3 aliphatic heterocycles. The number of nitrogens with two attached hydrogens (primary N) is 1. The molecule has 56 heavy (non-hydrogen) atoms. The predicted molar refractivity (Wildman–Crippen MR) is 211 cm³/mol. The number of likely N-dealkylation sites (N-methyl/N-ethyl adjacent to an activating group) is 2. The fourth-order valence-electron chi connectivity index (χ4n) is 9.01. The van der Waals surface area contributed by atoms with Gasteiger partial charge >= 0.3 is 0 Å². The molecule has 4 N–H and O–H groups in total. The quantitative estimate of drug-likeness (QED) is 0.142. The van der Waals surface area contributed by atoms with Gasteiger partial charge in [0.15, 0.2) is 17.1 Å². The number of hydrogen-bond donors (Lipinski definition) is 3. The van der Waals surface area contributed by atoms with E-state index in [4.69, 9.17) is 15.2 Å². The second kappa shape index (κ2) is 16.0. The molecule has 8 rings (SSSR count). The van der Waals surface area contributed by atoms with Crippen molar-refractivity contribution in [3.8, 4) is 0 Å². The molecule has 0 saturated carbocycles. The van der Waals surface area contributed by atoms with Gasteiger partial charge in [0.05, 0.1) is 12.1 Å². The predicted octanol–water partition coefficient (Wildman–Crippen LogP) is 3.32. The van der Waals surface area contributed by atoms with Crippen molar-refractivity contribution in [2.75, 3.05) is 63.6 Å². The number of anilines is 3. The van der Waals surface area contributed by atoms with Crippen LogP contribution in [0, 0.1) is 0 Å². The first-order chi connectivity index (χ1) is 27.1. The van der Waals surface area contributed by atoms with E-state index in [0.29, 0.717) is 54.7 Å². The maximum atomic E-state index is 12.6. The van der Waals surface area contributed by atoms with Crippen molar-refractivity contribution in [3.63, 3.8) is 0 Å². The molecule has 3 atom stereocenters. The number of carbonyl (C=O) groups is 4. The van der Waals surface area contributed by atoms with E-state index in [0.717, 1.165) is 94.3 Å². The SMILES string of the molecule is CN(C=O)CCN(C)C1CCCN(c2cnc(C(N)=O)c(Nc3ccc(C4CCN(C5Cc6ccc7c(C8CCC(=O)NC8=O)noc7c6C5)CC4)cc3)n2)C1. The summed E-state index contributed by atoms with van der Waals surface area (Å²) in [5, 5.41) is 11.0. The van der Waals surface area contributed by atoms with Gasteiger partial charge in [-0.3, -0.25) is 34.3 Å². The standard InChI is InChI=1S/C41H50N10O5/c1-48(24-52)18-19-49(2)29-4-3-15-51(23-29)34-22-43-37(39(42)54)40(45-34)44-28-8-5-25(6-9-28)26-13-16-50(17-14-26)30-20-27-7-10-31-36(47-56-38(31)33(27)21-30)32-11-12-35(53)46-41(32)55/h5-10,22,24,26,29-30,32H,3-4,11-21,23H2,1-2H3,(H2,42,54)(H,44,45)(H,46,53,55). The number of piperidine rings is 3. The minimum absolute atomic E-state index is 0.0978. The largest absolute Gasteiger partial charge is 0.364 e. The number of aromatic nitrogens is 3. The monoisotopic (exact) mass is 762 g/mol. The Labute approximate surface area is 325 Å². The number of hydrogen-bond acceptors (Lipinski definition) is 12. The van der Waals surface area contributed by atoms with Crippen LogP contribution in [0.5, 0.6) is 0 Å². The van der Waals surface area contributed by atoms with Gasteiger partial charge in [-0.1, -0.05) is 23.4 Å². The fourth-order valence-corrected chi connectivity index (χ4v) is 9.01. The summed E-state index contributed by atoms with van der Waals surface area (Å²) in [6, 6.07) is 13.2. The zero-order chi connectivity index (χ0) is 38.9. The number of amides is 4. The third-order valence-electron chi connectivity index (χ3n) is 12.3. The van der Waals surface area contributed by atoms with Crippen LogP contribution in [0.25, 0.3) is 11.0 Å². The van der Waals surface area contributed by atoms with Crippen molar-refractivity contribution in [1.29, 1.82) is 0 Å². The zero-order valence-electron chi connectivity index (χ0n) is 32.1. The van der Waals surface area contributed by atoms with Gasteiger partial charge in [-0.25, -0.2) is 9.97 Å². The minimum Gasteiger partial charge on any atom is -0.364 e. The Morgan fingerprint density at radius 2 is 1.84 bits per heavy atom. The Morgan fingerprint density at radius 1 is 1.04 bits per heavy atom. The Kier molecular flexibility index (Phi) is 10.7. The number of likely N-dealkylation sites (tertiary alicyclic amines) is 1. The normalized spacial score (nSPS) is 22.0. The van der Waals surface area contributed by atoms with Crippen molar-refractivity contribution in [3.05, 3.63) is 70.7 Å². The van der Waals surface area contributed by atoms with Crippen LogP contribution >= 0.6 is 0 Å². The van der Waals surface area contributed by atoms with Crippen LogP contribution < -0.4 is 21.3 Å². The molecule has 0 bridgehead atoms. The summed E-state index contributed by atoms with van der Waals surface area (Å²) < 4.78 is 5.88. The van der Waals surface area contributed by atoms with Crippen molar-refractivity contribution in [1.82, 2.24) is 35.1 Å². The van der Waals surface area contributed by atoms with Crippen molar-refractivity contribution in [2.24, 2.45) is 5.73 Å². The second-order valence-corrected chi connectivity index (χ2v) is 15.9. The van der Waals surface area contributed by atoms with Crippen LogP contribution in [0.2, 0.25) is 0 Å². The second-order valence-electron chi connectivity index (χ2n) is 15.9. The van der Waals surface area contributed by atoms with Crippen molar-refractivity contribution < 1.29 is 23.7 Å². The lowest BCUT2D eigenvalue weighted by molar-refractivity contribution is -0.134. The van der Waals surface area contributed by atoms with E-state index in [9.17, 15) is 19.2 Å². The summed E-state index contributed by atoms with van der Waals surface area (Å²) in [7, 11) is 3.87. The average molecular weight is 763 g/mol. The molecular weight excluding hydrogens is 713 g/mol. The van der Waals surface area contributed by atoms with Gasteiger partial charge in [-0.05, 0) is 100 Å². The van der Waals surface area contributed by atoms with Crippen LogP contribution in [-0.2, 0) is 27.2 Å². The Hall–Kier alpha value is -5.41. The number of nitrogens with zero attached hydrogens (tertiary/aromatic N) is 7. The lowest BCUT2D eigenvalue weighted by Gasteiger charge is -2.38. The third kappa shape index (κ3) is 7.69. The van der Waals surface area contributed by atoms with Crippen LogP contribution in [-0.4, -0.2) is 119 Å².